The highest BCUT2D eigenvalue weighted by Gasteiger charge is 2.53. The van der Waals surface area contributed by atoms with Crippen molar-refractivity contribution >= 4 is 5.91 Å². The van der Waals surface area contributed by atoms with E-state index in [9.17, 15) is 66.1 Å². The average molecular weight is 678 g/mol. The maximum atomic E-state index is 12.0. The first kappa shape index (κ1) is 39.2. The van der Waals surface area contributed by atoms with Crippen LogP contribution in [0.25, 0.3) is 0 Å². The Morgan fingerprint density at radius 1 is 0.674 bits per heavy atom. The predicted molar refractivity (Wildman–Crippen MR) is 145 cm³/mol. The molecule has 0 aromatic heterocycles. The van der Waals surface area contributed by atoms with E-state index in [1.165, 1.54) is 13.8 Å². The van der Waals surface area contributed by atoms with Crippen molar-refractivity contribution in [1.29, 1.82) is 0 Å². The molecule has 0 spiro atoms. The second-order valence-electron chi connectivity index (χ2n) is 11.6. The number of ether oxygens (including phenoxy) is 6. The van der Waals surface area contributed by atoms with Crippen LogP contribution in [-0.4, -0.2) is 203 Å². The summed E-state index contributed by atoms with van der Waals surface area (Å²) >= 11 is 0. The predicted octanol–water partition coefficient (Wildman–Crippen LogP) is -7.91. The van der Waals surface area contributed by atoms with Gasteiger partial charge in [-0.15, -0.1) is 0 Å². The summed E-state index contributed by atoms with van der Waals surface area (Å²) in [5.74, 6) is -0.717. The molecule has 270 valence electrons. The van der Waals surface area contributed by atoms with Crippen LogP contribution in [0.1, 0.15) is 20.8 Å². The fourth-order valence-electron chi connectivity index (χ4n) is 5.41. The average Bonchev–Trinajstić information content (AvgIpc) is 3.02. The molecule has 1 amide bonds. The molecule has 0 aliphatic carbocycles. The van der Waals surface area contributed by atoms with Gasteiger partial charge in [0.25, 0.3) is 0 Å². The number of hydrogen-bond acceptors (Lipinski definition) is 19. The normalized spacial score (nSPS) is 44.6. The van der Waals surface area contributed by atoms with Crippen LogP contribution in [-0.2, 0) is 33.2 Å². The van der Waals surface area contributed by atoms with E-state index in [4.69, 9.17) is 28.4 Å². The quantitative estimate of drug-likeness (QED) is 0.0860. The monoisotopic (exact) mass is 677 g/mol. The lowest BCUT2D eigenvalue weighted by Gasteiger charge is -2.48. The number of hydrogen-bond donors (Lipinski definition) is 13. The molecule has 13 N–H and O–H groups in total. The molecule has 0 aromatic carbocycles. The molecule has 3 fully saturated rings. The van der Waals surface area contributed by atoms with Crippen molar-refractivity contribution in [3.8, 4) is 0 Å². The summed E-state index contributed by atoms with van der Waals surface area (Å²) in [5.41, 5.74) is 0. The Morgan fingerprint density at radius 2 is 1.20 bits per heavy atom. The van der Waals surface area contributed by atoms with Crippen LogP contribution in [0.5, 0.6) is 0 Å². The zero-order valence-corrected chi connectivity index (χ0v) is 25.3. The Bertz CT molecular complexity index is 951. The third kappa shape index (κ3) is 8.66. The minimum atomic E-state index is -1.97. The molecule has 0 radical (unpaired) electrons. The van der Waals surface area contributed by atoms with Gasteiger partial charge in [0.2, 0.25) is 5.91 Å². The van der Waals surface area contributed by atoms with Gasteiger partial charge in [-0.2, -0.15) is 0 Å². The SMILES string of the molecule is CC(=O)N[C@@H](CO)[C@@H](O[C@@H]1O[C@@H](C)[C@@H](O)[C@@H](O)[C@@H]1O)[C@H](O[C@@H]1O[C@H](CO)[C@H](O)[C@H](O)[C@H]1O[C@@H]1O[C@@H](C)[C@@H](O)[C@@H](O)[C@@H]1O)[C@H](O)CO. The second-order valence-corrected chi connectivity index (χ2v) is 11.6. The molecule has 3 aliphatic heterocycles. The van der Waals surface area contributed by atoms with Gasteiger partial charge in [0.1, 0.15) is 79.4 Å². The highest BCUT2D eigenvalue weighted by molar-refractivity contribution is 5.73. The zero-order chi connectivity index (χ0) is 34.6. The number of aliphatic hydroxyl groups is 12. The zero-order valence-electron chi connectivity index (χ0n) is 25.3. The van der Waals surface area contributed by atoms with Gasteiger partial charge in [0.15, 0.2) is 18.9 Å². The first-order valence-electron chi connectivity index (χ1n) is 14.7. The maximum absolute atomic E-state index is 12.0. The summed E-state index contributed by atoms with van der Waals surface area (Å²) in [6, 6.07) is -1.49. The van der Waals surface area contributed by atoms with Crippen LogP contribution in [0.2, 0.25) is 0 Å². The number of rotatable bonds is 13. The topological polar surface area (TPSA) is 327 Å². The molecule has 3 saturated heterocycles. The van der Waals surface area contributed by atoms with Crippen LogP contribution in [0.4, 0.5) is 0 Å². The van der Waals surface area contributed by atoms with Gasteiger partial charge in [-0.25, -0.2) is 0 Å². The van der Waals surface area contributed by atoms with Gasteiger partial charge in [-0.1, -0.05) is 0 Å². The molecule has 3 rings (SSSR count). The van der Waals surface area contributed by atoms with Crippen molar-refractivity contribution in [3.63, 3.8) is 0 Å². The van der Waals surface area contributed by atoms with E-state index in [2.05, 4.69) is 5.32 Å². The van der Waals surface area contributed by atoms with E-state index in [0.717, 1.165) is 6.92 Å². The fourth-order valence-corrected chi connectivity index (χ4v) is 5.41. The first-order chi connectivity index (χ1) is 21.6. The van der Waals surface area contributed by atoms with Crippen molar-refractivity contribution in [2.75, 3.05) is 19.8 Å². The third-order valence-corrected chi connectivity index (χ3v) is 8.19. The van der Waals surface area contributed by atoms with E-state index < -0.39 is 142 Å². The summed E-state index contributed by atoms with van der Waals surface area (Å²) in [6.07, 6.45) is -31.0. The van der Waals surface area contributed by atoms with Gasteiger partial charge in [-0.3, -0.25) is 4.79 Å². The molecule has 0 bridgehead atoms. The number of nitrogens with one attached hydrogen (secondary N) is 1. The van der Waals surface area contributed by atoms with Crippen molar-refractivity contribution in [2.24, 2.45) is 0 Å². The lowest BCUT2D eigenvalue weighted by Crippen LogP contribution is -2.66. The van der Waals surface area contributed by atoms with Gasteiger partial charge >= 0.3 is 0 Å². The standard InChI is InChI=1S/C26H47NO19/c1-7-13(33)16(36)19(39)24(41-7)44-21(10(4-28)27-9(3)31)22(11(32)5-29)45-26-23(18(38)15(35)12(6-30)43-26)46-25-20(40)17(37)14(34)8(2)42-25/h7-8,10-26,28-30,32-40H,4-6H2,1-3H3,(H,27,31)/t7-,8-,10-,11+,12+,13+,14+,15-,16+,17+,18-,19-,20-,21+,22+,23+,24-,25-,26-/m0/s1. The van der Waals surface area contributed by atoms with Crippen molar-refractivity contribution in [1.82, 2.24) is 5.32 Å². The van der Waals surface area contributed by atoms with Gasteiger partial charge in [0.05, 0.1) is 38.1 Å². The molecule has 0 saturated carbocycles. The van der Waals surface area contributed by atoms with Crippen molar-refractivity contribution in [3.05, 3.63) is 0 Å². The summed E-state index contributed by atoms with van der Waals surface area (Å²) < 4.78 is 33.9. The van der Waals surface area contributed by atoms with E-state index in [0.29, 0.717) is 0 Å². The maximum Gasteiger partial charge on any atom is 0.217 e. The van der Waals surface area contributed by atoms with E-state index in [1.54, 1.807) is 0 Å². The molecule has 20 heteroatoms. The molecule has 46 heavy (non-hydrogen) atoms. The lowest BCUT2D eigenvalue weighted by atomic mass is 9.96. The fraction of sp³-hybridized carbons (Fsp3) is 0.962. The Kier molecular flexibility index (Phi) is 14.4. The lowest BCUT2D eigenvalue weighted by molar-refractivity contribution is -0.380. The smallest absolute Gasteiger partial charge is 0.217 e. The molecule has 3 heterocycles. The van der Waals surface area contributed by atoms with Crippen LogP contribution in [0, 0.1) is 0 Å². The molecular weight excluding hydrogens is 630 g/mol. The highest BCUT2D eigenvalue weighted by atomic mass is 16.8. The van der Waals surface area contributed by atoms with Crippen LogP contribution in [0.3, 0.4) is 0 Å². The minimum Gasteiger partial charge on any atom is -0.394 e. The highest BCUT2D eigenvalue weighted by Crippen LogP contribution is 2.32. The number of amides is 1. The Hall–Kier alpha value is -1.25. The molecular formula is C26H47NO19. The molecule has 3 aliphatic rings. The van der Waals surface area contributed by atoms with Gasteiger partial charge < -0.3 is 95.0 Å². The Balaban J connectivity index is 2.01. The van der Waals surface area contributed by atoms with Crippen molar-refractivity contribution < 1.29 is 94.5 Å². The van der Waals surface area contributed by atoms with Crippen molar-refractivity contribution in [2.45, 2.75) is 137 Å². The molecule has 19 atom stereocenters. The van der Waals surface area contributed by atoms with E-state index in [-0.39, 0.29) is 0 Å². The largest absolute Gasteiger partial charge is 0.394 e. The first-order valence-corrected chi connectivity index (χ1v) is 14.7. The molecule has 0 aromatic rings. The Morgan fingerprint density at radius 3 is 1.70 bits per heavy atom. The van der Waals surface area contributed by atoms with Crippen LogP contribution in [0.15, 0.2) is 0 Å². The summed E-state index contributed by atoms with van der Waals surface area (Å²) in [6.45, 7) is 0.919. The van der Waals surface area contributed by atoms with Crippen LogP contribution < -0.4 is 5.32 Å². The molecule has 0 unspecified atom stereocenters. The summed E-state index contributed by atoms with van der Waals surface area (Å²) in [5, 5.41) is 126. The summed E-state index contributed by atoms with van der Waals surface area (Å²) in [4.78, 5) is 12.0. The third-order valence-electron chi connectivity index (χ3n) is 8.19. The molecule has 20 nitrogen and oxygen atoms in total. The van der Waals surface area contributed by atoms with Gasteiger partial charge in [0, 0.05) is 6.92 Å². The number of aliphatic hydroxyl groups excluding tert-OH is 12. The summed E-state index contributed by atoms with van der Waals surface area (Å²) in [7, 11) is 0. The van der Waals surface area contributed by atoms with Gasteiger partial charge in [-0.05, 0) is 13.8 Å². The number of carbonyl (C=O) groups excluding carboxylic acids is 1. The van der Waals surface area contributed by atoms with E-state index in [1.807, 2.05) is 0 Å². The second kappa shape index (κ2) is 16.9. The van der Waals surface area contributed by atoms with E-state index >= 15 is 0 Å². The minimum absolute atomic E-state index is 0.717. The number of carbonyl (C=O) groups is 1. The Labute approximate surface area is 263 Å². The van der Waals surface area contributed by atoms with Crippen LogP contribution >= 0.6 is 0 Å².